The summed E-state index contributed by atoms with van der Waals surface area (Å²) < 4.78 is 6.91. The fraction of sp³-hybridized carbons (Fsp3) is 0.250. The minimum absolute atomic E-state index is 0.665. The zero-order valence-electron chi connectivity index (χ0n) is 12.0. The van der Waals surface area contributed by atoms with Gasteiger partial charge in [-0.15, -0.1) is 0 Å². The van der Waals surface area contributed by atoms with Gasteiger partial charge in [-0.1, -0.05) is 12.1 Å². The minimum atomic E-state index is 0.665. The number of methoxy groups -OCH3 is 1. The van der Waals surface area contributed by atoms with Crippen LogP contribution in [-0.2, 0) is 17.8 Å². The first-order chi connectivity index (χ1) is 10.3. The average molecular weight is 282 g/mol. The van der Waals surface area contributed by atoms with Crippen LogP contribution in [0.5, 0.6) is 0 Å². The van der Waals surface area contributed by atoms with Crippen molar-refractivity contribution in [3.63, 3.8) is 0 Å². The number of aromatic nitrogens is 3. The Balaban J connectivity index is 1.64. The van der Waals surface area contributed by atoms with Crippen molar-refractivity contribution in [2.75, 3.05) is 19.0 Å². The number of hydrogen-bond donors (Lipinski definition) is 1. The number of ether oxygens (including phenoxy) is 1. The molecule has 3 rings (SSSR count). The van der Waals surface area contributed by atoms with Gasteiger partial charge in [-0.3, -0.25) is 9.67 Å². The smallest absolute Gasteiger partial charge is 0.0729 e. The summed E-state index contributed by atoms with van der Waals surface area (Å²) in [4.78, 5) is 4.33. The summed E-state index contributed by atoms with van der Waals surface area (Å²) in [7, 11) is 1.69. The van der Waals surface area contributed by atoms with Crippen LogP contribution in [0.25, 0.3) is 10.9 Å². The minimum Gasteiger partial charge on any atom is -0.383 e. The molecule has 3 aromatic rings. The van der Waals surface area contributed by atoms with Gasteiger partial charge in [-0.25, -0.2) is 0 Å². The van der Waals surface area contributed by atoms with Crippen molar-refractivity contribution in [2.24, 2.45) is 0 Å². The van der Waals surface area contributed by atoms with Crippen LogP contribution < -0.4 is 5.32 Å². The molecule has 0 unspecified atom stereocenters. The predicted molar refractivity (Wildman–Crippen MR) is 83.2 cm³/mol. The van der Waals surface area contributed by atoms with E-state index in [4.69, 9.17) is 4.74 Å². The fourth-order valence-electron chi connectivity index (χ4n) is 2.20. The lowest BCUT2D eigenvalue weighted by molar-refractivity contribution is 0.183. The van der Waals surface area contributed by atoms with E-state index in [1.54, 1.807) is 7.11 Å². The molecule has 0 aliphatic heterocycles. The maximum atomic E-state index is 5.04. The Kier molecular flexibility index (Phi) is 4.12. The van der Waals surface area contributed by atoms with E-state index in [0.717, 1.165) is 29.7 Å². The molecule has 5 heteroatoms. The topological polar surface area (TPSA) is 52.0 Å². The van der Waals surface area contributed by atoms with Gasteiger partial charge in [0.2, 0.25) is 0 Å². The Labute approximate surface area is 123 Å². The number of pyridine rings is 1. The fourth-order valence-corrected chi connectivity index (χ4v) is 2.20. The second-order valence-electron chi connectivity index (χ2n) is 4.87. The van der Waals surface area contributed by atoms with Crippen molar-refractivity contribution < 1.29 is 4.74 Å². The first kappa shape index (κ1) is 13.6. The molecule has 0 aliphatic rings. The summed E-state index contributed by atoms with van der Waals surface area (Å²) >= 11 is 0. The van der Waals surface area contributed by atoms with E-state index in [1.807, 2.05) is 35.4 Å². The summed E-state index contributed by atoms with van der Waals surface area (Å²) in [6, 6.07) is 10.3. The van der Waals surface area contributed by atoms with Gasteiger partial charge in [0.1, 0.15) is 0 Å². The van der Waals surface area contributed by atoms with Gasteiger partial charge >= 0.3 is 0 Å². The Bertz CT molecular complexity index is 723. The van der Waals surface area contributed by atoms with E-state index >= 15 is 0 Å². The van der Waals surface area contributed by atoms with Crippen LogP contribution in [0.15, 0.2) is 48.9 Å². The second-order valence-corrected chi connectivity index (χ2v) is 4.87. The van der Waals surface area contributed by atoms with Gasteiger partial charge in [0.05, 0.1) is 30.6 Å². The third kappa shape index (κ3) is 3.38. The lowest BCUT2D eigenvalue weighted by Gasteiger charge is -2.05. The molecular formula is C16H18N4O. The van der Waals surface area contributed by atoms with Gasteiger partial charge in [0, 0.05) is 31.4 Å². The molecular weight excluding hydrogens is 264 g/mol. The largest absolute Gasteiger partial charge is 0.383 e. The van der Waals surface area contributed by atoms with Crippen molar-refractivity contribution in [1.29, 1.82) is 0 Å². The van der Waals surface area contributed by atoms with E-state index in [0.29, 0.717) is 6.61 Å². The highest BCUT2D eigenvalue weighted by molar-refractivity contribution is 5.78. The first-order valence-electron chi connectivity index (χ1n) is 6.94. The Morgan fingerprint density at radius 3 is 3.14 bits per heavy atom. The lowest BCUT2D eigenvalue weighted by Crippen LogP contribution is -2.04. The van der Waals surface area contributed by atoms with Crippen LogP contribution in [0.3, 0.4) is 0 Å². The van der Waals surface area contributed by atoms with Crippen molar-refractivity contribution >= 4 is 16.6 Å². The molecule has 0 atom stereocenters. The monoisotopic (exact) mass is 282 g/mol. The Morgan fingerprint density at radius 1 is 1.29 bits per heavy atom. The standard InChI is InChI=1S/C16H18N4O/c1-21-8-7-20-12-15(11-19-20)18-10-13-4-5-16-14(9-13)3-2-6-17-16/h2-6,9,11-12,18H,7-8,10H2,1H3. The van der Waals surface area contributed by atoms with Crippen LogP contribution in [0.2, 0.25) is 0 Å². The second kappa shape index (κ2) is 6.37. The lowest BCUT2D eigenvalue weighted by atomic mass is 10.1. The zero-order chi connectivity index (χ0) is 14.5. The van der Waals surface area contributed by atoms with Gasteiger partial charge < -0.3 is 10.1 Å². The third-order valence-electron chi connectivity index (χ3n) is 3.32. The predicted octanol–water partition coefficient (Wildman–Crippen LogP) is 2.69. The molecule has 1 N–H and O–H groups in total. The first-order valence-corrected chi connectivity index (χ1v) is 6.94. The van der Waals surface area contributed by atoms with Crippen molar-refractivity contribution in [2.45, 2.75) is 13.1 Å². The number of nitrogens with one attached hydrogen (secondary N) is 1. The number of nitrogens with zero attached hydrogens (tertiary/aromatic N) is 3. The van der Waals surface area contributed by atoms with E-state index in [1.165, 1.54) is 5.56 Å². The highest BCUT2D eigenvalue weighted by Gasteiger charge is 2.00. The molecule has 5 nitrogen and oxygen atoms in total. The van der Waals surface area contributed by atoms with E-state index in [-0.39, 0.29) is 0 Å². The number of rotatable bonds is 6. The molecule has 0 radical (unpaired) electrons. The van der Waals surface area contributed by atoms with Crippen LogP contribution >= 0.6 is 0 Å². The molecule has 0 amide bonds. The molecule has 0 bridgehead atoms. The van der Waals surface area contributed by atoms with Crippen LogP contribution in [-0.4, -0.2) is 28.5 Å². The molecule has 21 heavy (non-hydrogen) atoms. The molecule has 108 valence electrons. The summed E-state index contributed by atoms with van der Waals surface area (Å²) in [5.74, 6) is 0. The number of fused-ring (bicyclic) bond motifs is 1. The molecule has 0 spiro atoms. The normalized spacial score (nSPS) is 10.9. The highest BCUT2D eigenvalue weighted by Crippen LogP contribution is 2.15. The molecule has 0 saturated heterocycles. The van der Waals surface area contributed by atoms with Crippen molar-refractivity contribution in [3.05, 3.63) is 54.5 Å². The summed E-state index contributed by atoms with van der Waals surface area (Å²) in [5.41, 5.74) is 3.26. The summed E-state index contributed by atoms with van der Waals surface area (Å²) in [6.45, 7) is 2.19. The van der Waals surface area contributed by atoms with Crippen LogP contribution in [0, 0.1) is 0 Å². The Morgan fingerprint density at radius 2 is 2.24 bits per heavy atom. The zero-order valence-corrected chi connectivity index (χ0v) is 12.0. The Hall–Kier alpha value is -2.40. The number of hydrogen-bond acceptors (Lipinski definition) is 4. The van der Waals surface area contributed by atoms with Crippen LogP contribution in [0.1, 0.15) is 5.56 Å². The molecule has 0 saturated carbocycles. The molecule has 0 aliphatic carbocycles. The van der Waals surface area contributed by atoms with E-state index in [9.17, 15) is 0 Å². The number of anilines is 1. The van der Waals surface area contributed by atoms with Gasteiger partial charge in [0.15, 0.2) is 0 Å². The SMILES string of the molecule is COCCn1cc(NCc2ccc3ncccc3c2)cn1. The van der Waals surface area contributed by atoms with E-state index in [2.05, 4.69) is 33.6 Å². The van der Waals surface area contributed by atoms with Gasteiger partial charge in [-0.05, 0) is 23.8 Å². The highest BCUT2D eigenvalue weighted by atomic mass is 16.5. The summed E-state index contributed by atoms with van der Waals surface area (Å²) in [5, 5.41) is 8.82. The summed E-state index contributed by atoms with van der Waals surface area (Å²) in [6.07, 6.45) is 5.63. The van der Waals surface area contributed by atoms with Crippen molar-refractivity contribution in [3.8, 4) is 0 Å². The maximum Gasteiger partial charge on any atom is 0.0729 e. The molecule has 0 fully saturated rings. The molecule has 1 aromatic carbocycles. The molecule has 2 heterocycles. The van der Waals surface area contributed by atoms with Gasteiger partial charge in [0.25, 0.3) is 0 Å². The molecule has 2 aromatic heterocycles. The number of benzene rings is 1. The third-order valence-corrected chi connectivity index (χ3v) is 3.32. The van der Waals surface area contributed by atoms with Crippen LogP contribution in [0.4, 0.5) is 5.69 Å². The maximum absolute atomic E-state index is 5.04. The van der Waals surface area contributed by atoms with Crippen molar-refractivity contribution in [1.82, 2.24) is 14.8 Å². The van der Waals surface area contributed by atoms with Gasteiger partial charge in [-0.2, -0.15) is 5.10 Å². The average Bonchev–Trinajstić information content (AvgIpc) is 2.98. The van der Waals surface area contributed by atoms with E-state index < -0.39 is 0 Å². The quantitative estimate of drug-likeness (QED) is 0.755.